The van der Waals surface area contributed by atoms with Gasteiger partial charge in [-0.25, -0.2) is 0 Å². The van der Waals surface area contributed by atoms with Gasteiger partial charge in [-0.15, -0.1) is 0 Å². The lowest BCUT2D eigenvalue weighted by Crippen LogP contribution is -2.60. The van der Waals surface area contributed by atoms with Gasteiger partial charge < -0.3 is 15.2 Å². The van der Waals surface area contributed by atoms with E-state index < -0.39 is 0 Å². The van der Waals surface area contributed by atoms with Crippen LogP contribution in [0.4, 0.5) is 0 Å². The maximum absolute atomic E-state index is 12.5. The van der Waals surface area contributed by atoms with Gasteiger partial charge in [-0.3, -0.25) is 14.6 Å². The van der Waals surface area contributed by atoms with Gasteiger partial charge in [0.25, 0.3) is 0 Å². The number of pyridine rings is 1. The van der Waals surface area contributed by atoms with Crippen molar-refractivity contribution in [2.75, 3.05) is 6.54 Å². The number of hydrogen-bond donors (Lipinski definition) is 2. The van der Waals surface area contributed by atoms with Gasteiger partial charge in [0.05, 0.1) is 0 Å². The Balaban J connectivity index is 1.07. The van der Waals surface area contributed by atoms with E-state index in [9.17, 15) is 9.59 Å². The highest BCUT2D eigenvalue weighted by molar-refractivity contribution is 5.97. The van der Waals surface area contributed by atoms with Gasteiger partial charge in [-0.1, -0.05) is 11.2 Å². The molecule has 2 heterocycles. The van der Waals surface area contributed by atoms with E-state index in [0.29, 0.717) is 30.4 Å². The number of amides is 2. The molecule has 2 N–H and O–H groups in total. The summed E-state index contributed by atoms with van der Waals surface area (Å²) in [6.45, 7) is 0.341. The minimum Gasteiger partial charge on any atom is -0.355 e. The van der Waals surface area contributed by atoms with Crippen LogP contribution in [0.1, 0.15) is 50.8 Å². The quantitative estimate of drug-likeness (QED) is 0.679. The summed E-state index contributed by atoms with van der Waals surface area (Å²) in [6, 6.07) is 5.48. The van der Waals surface area contributed by atoms with Crippen molar-refractivity contribution in [3.05, 3.63) is 30.3 Å². The third-order valence-electron chi connectivity index (χ3n) is 6.79. The number of nitrogens with one attached hydrogen (secondary N) is 2. The first-order chi connectivity index (χ1) is 14.6. The molecule has 0 atom stereocenters. The molecule has 8 heteroatoms. The number of hydrogen-bond acceptors (Lipinski definition) is 6. The summed E-state index contributed by atoms with van der Waals surface area (Å²) in [6.07, 6.45) is 9.17. The molecule has 4 aliphatic carbocycles. The summed E-state index contributed by atoms with van der Waals surface area (Å²) < 4.78 is 5.21. The zero-order valence-corrected chi connectivity index (χ0v) is 17.0. The number of carbonyl (C=O) groups excluding carboxylic acids is 2. The van der Waals surface area contributed by atoms with Gasteiger partial charge in [0.2, 0.25) is 23.5 Å². The van der Waals surface area contributed by atoms with Crippen LogP contribution in [0.2, 0.25) is 0 Å². The van der Waals surface area contributed by atoms with Crippen LogP contribution in [0.5, 0.6) is 0 Å². The van der Waals surface area contributed by atoms with Gasteiger partial charge in [0.15, 0.2) is 0 Å². The third kappa shape index (κ3) is 4.08. The van der Waals surface area contributed by atoms with Gasteiger partial charge in [-0.05, 0) is 68.4 Å². The van der Waals surface area contributed by atoms with Crippen molar-refractivity contribution in [1.29, 1.82) is 0 Å². The molecule has 158 valence electrons. The maximum Gasteiger partial charge on any atom is 0.229 e. The fraction of sp³-hybridized carbons (Fsp3) is 0.591. The minimum absolute atomic E-state index is 0.0578. The average molecular weight is 409 g/mol. The Bertz CT molecular complexity index is 891. The van der Waals surface area contributed by atoms with Crippen molar-refractivity contribution in [2.45, 2.75) is 56.9 Å². The van der Waals surface area contributed by atoms with E-state index in [0.717, 1.165) is 37.0 Å². The molecule has 0 radical (unpaired) electrons. The van der Waals surface area contributed by atoms with Crippen LogP contribution in [0, 0.1) is 17.8 Å². The first kappa shape index (κ1) is 19.2. The molecule has 0 saturated heterocycles. The predicted molar refractivity (Wildman–Crippen MR) is 108 cm³/mol. The Morgan fingerprint density at radius 2 is 1.80 bits per heavy atom. The van der Waals surface area contributed by atoms with Gasteiger partial charge in [0.1, 0.15) is 12.1 Å². The molecule has 0 aliphatic heterocycles. The molecule has 6 rings (SSSR count). The highest BCUT2D eigenvalue weighted by atomic mass is 16.5. The molecule has 8 nitrogen and oxygen atoms in total. The van der Waals surface area contributed by atoms with Gasteiger partial charge in [-0.2, -0.15) is 4.98 Å². The predicted octanol–water partition coefficient (Wildman–Crippen LogP) is 2.27. The van der Waals surface area contributed by atoms with Gasteiger partial charge >= 0.3 is 0 Å². The summed E-state index contributed by atoms with van der Waals surface area (Å²) in [7, 11) is 0. The van der Waals surface area contributed by atoms with E-state index in [1.165, 1.54) is 19.3 Å². The van der Waals surface area contributed by atoms with Crippen molar-refractivity contribution in [1.82, 2.24) is 25.8 Å². The van der Waals surface area contributed by atoms with E-state index in [4.69, 9.17) is 4.52 Å². The molecule has 0 spiro atoms. The lowest BCUT2D eigenvalue weighted by atomic mass is 9.53. The van der Waals surface area contributed by atoms with Gasteiger partial charge in [0, 0.05) is 24.7 Å². The van der Waals surface area contributed by atoms with E-state index in [1.54, 1.807) is 12.3 Å². The SMILES string of the molecule is O=C(CC(=O)NC12CC3CC(CC(C3)C1)C2)NCCc1nc(-c2ccccn2)no1. The lowest BCUT2D eigenvalue weighted by Gasteiger charge is -2.56. The highest BCUT2D eigenvalue weighted by Crippen LogP contribution is 2.55. The highest BCUT2D eigenvalue weighted by Gasteiger charge is 2.51. The second-order valence-corrected chi connectivity index (χ2v) is 9.25. The largest absolute Gasteiger partial charge is 0.355 e. The Hall–Kier alpha value is -2.77. The molecule has 4 bridgehead atoms. The summed E-state index contributed by atoms with van der Waals surface area (Å²) in [5, 5.41) is 9.92. The molecule has 4 saturated carbocycles. The van der Waals surface area contributed by atoms with E-state index in [2.05, 4.69) is 25.8 Å². The normalized spacial score (nSPS) is 29.0. The molecule has 4 aliphatic rings. The van der Waals surface area contributed by atoms with Crippen molar-refractivity contribution in [3.63, 3.8) is 0 Å². The number of nitrogens with zero attached hydrogens (tertiary/aromatic N) is 3. The Kier molecular flexibility index (Phi) is 5.00. The van der Waals surface area contributed by atoms with Crippen LogP contribution in [-0.4, -0.2) is 39.0 Å². The van der Waals surface area contributed by atoms with Crippen molar-refractivity contribution in [3.8, 4) is 11.5 Å². The van der Waals surface area contributed by atoms with E-state index in [1.807, 2.05) is 12.1 Å². The lowest BCUT2D eigenvalue weighted by molar-refractivity contribution is -0.132. The van der Waals surface area contributed by atoms with Crippen LogP contribution >= 0.6 is 0 Å². The van der Waals surface area contributed by atoms with Crippen molar-refractivity contribution < 1.29 is 14.1 Å². The van der Waals surface area contributed by atoms with Crippen molar-refractivity contribution in [2.24, 2.45) is 17.8 Å². The monoisotopic (exact) mass is 409 g/mol. The summed E-state index contributed by atoms with van der Waals surface area (Å²) in [5.74, 6) is 2.69. The van der Waals surface area contributed by atoms with E-state index >= 15 is 0 Å². The molecule has 4 fully saturated rings. The molecule has 2 amide bonds. The van der Waals surface area contributed by atoms with Crippen LogP contribution in [0.25, 0.3) is 11.5 Å². The fourth-order valence-electron chi connectivity index (χ4n) is 6.08. The minimum atomic E-state index is -0.276. The second-order valence-electron chi connectivity index (χ2n) is 9.25. The molecular weight excluding hydrogens is 382 g/mol. The van der Waals surface area contributed by atoms with Crippen LogP contribution in [0.3, 0.4) is 0 Å². The smallest absolute Gasteiger partial charge is 0.229 e. The molecule has 30 heavy (non-hydrogen) atoms. The number of rotatable bonds is 7. The van der Waals surface area contributed by atoms with Crippen LogP contribution < -0.4 is 10.6 Å². The summed E-state index contributed by atoms with van der Waals surface area (Å²) in [5.41, 5.74) is 0.579. The Labute approximate surface area is 175 Å². The molecule has 0 unspecified atom stereocenters. The van der Waals surface area contributed by atoms with Crippen molar-refractivity contribution >= 4 is 11.8 Å². The summed E-state index contributed by atoms with van der Waals surface area (Å²) in [4.78, 5) is 33.2. The first-order valence-electron chi connectivity index (χ1n) is 10.9. The number of carbonyl (C=O) groups is 2. The Morgan fingerprint density at radius 3 is 2.47 bits per heavy atom. The first-order valence-corrected chi connectivity index (χ1v) is 10.9. The van der Waals surface area contributed by atoms with E-state index in [-0.39, 0.29) is 23.8 Å². The van der Waals surface area contributed by atoms with Crippen LogP contribution in [0.15, 0.2) is 28.9 Å². The second kappa shape index (κ2) is 7.81. The Morgan fingerprint density at radius 1 is 1.07 bits per heavy atom. The average Bonchev–Trinajstić information content (AvgIpc) is 3.16. The number of aromatic nitrogens is 3. The molecule has 0 aromatic carbocycles. The maximum atomic E-state index is 12.5. The molecule has 2 aromatic heterocycles. The fourth-order valence-corrected chi connectivity index (χ4v) is 6.08. The summed E-state index contributed by atoms with van der Waals surface area (Å²) >= 11 is 0. The zero-order chi connectivity index (χ0) is 20.6. The van der Waals surface area contributed by atoms with Crippen LogP contribution in [-0.2, 0) is 16.0 Å². The zero-order valence-electron chi connectivity index (χ0n) is 17.0. The molecule has 2 aromatic rings. The standard InChI is InChI=1S/C22H27N5O3/c28-18(24-6-4-20-25-21(27-30-20)17-3-1-2-5-23-17)10-19(29)26-22-11-14-7-15(12-22)9-16(8-14)13-22/h1-3,5,14-16H,4,6-13H2,(H,24,28)(H,26,29). The third-order valence-corrected chi connectivity index (χ3v) is 6.79. The molecular formula is C22H27N5O3. The topological polar surface area (TPSA) is 110 Å².